The lowest BCUT2D eigenvalue weighted by molar-refractivity contribution is 0.00956. The van der Waals surface area contributed by atoms with E-state index in [0.717, 1.165) is 19.6 Å². The van der Waals surface area contributed by atoms with Gasteiger partial charge in [0.2, 0.25) is 5.88 Å². The molecule has 0 spiro atoms. The number of anilines is 1. The van der Waals surface area contributed by atoms with Crippen LogP contribution in [0.1, 0.15) is 37.6 Å². The number of hydrogen-bond donors (Lipinski definition) is 1. The smallest absolute Gasteiger partial charge is 0.343 e. The number of pyridine rings is 1. The molecule has 1 aliphatic rings. The second kappa shape index (κ2) is 7.17. The Hall–Kier alpha value is -1.82. The van der Waals surface area contributed by atoms with Crippen molar-refractivity contribution >= 4 is 11.8 Å². The molecule has 6 nitrogen and oxygen atoms in total. The number of nitrogens with zero attached hydrogens (tertiary/aromatic N) is 1. The zero-order valence-corrected chi connectivity index (χ0v) is 14.5. The van der Waals surface area contributed by atoms with Gasteiger partial charge in [0.15, 0.2) is 0 Å². The summed E-state index contributed by atoms with van der Waals surface area (Å²) < 4.78 is 15.8. The first-order valence-corrected chi connectivity index (χ1v) is 7.85. The largest absolute Gasteiger partial charge is 0.480 e. The first-order chi connectivity index (χ1) is 10.9. The molecular weight excluding hydrogens is 296 g/mol. The van der Waals surface area contributed by atoms with Gasteiger partial charge >= 0.3 is 5.97 Å². The fraction of sp³-hybridized carbons (Fsp3) is 0.647. The number of carbonyl (C=O) groups excluding carboxylic acids is 1. The van der Waals surface area contributed by atoms with E-state index in [1.807, 2.05) is 0 Å². The van der Waals surface area contributed by atoms with Gasteiger partial charge in [0.25, 0.3) is 0 Å². The van der Waals surface area contributed by atoms with Crippen molar-refractivity contribution in [2.75, 3.05) is 32.7 Å². The fourth-order valence-corrected chi connectivity index (χ4v) is 3.00. The summed E-state index contributed by atoms with van der Waals surface area (Å²) in [6.45, 7) is 8.16. The summed E-state index contributed by atoms with van der Waals surface area (Å²) in [6, 6.07) is 3.42. The number of rotatable bonds is 5. The van der Waals surface area contributed by atoms with Crippen LogP contribution < -0.4 is 10.1 Å². The van der Waals surface area contributed by atoms with Crippen LogP contribution in [0.5, 0.6) is 5.88 Å². The molecule has 1 aliphatic heterocycles. The molecule has 1 aromatic rings. The highest BCUT2D eigenvalue weighted by Crippen LogP contribution is 2.34. The van der Waals surface area contributed by atoms with Gasteiger partial charge < -0.3 is 19.5 Å². The van der Waals surface area contributed by atoms with E-state index < -0.39 is 5.97 Å². The predicted octanol–water partition coefficient (Wildman–Crippen LogP) is 2.74. The Morgan fingerprint density at radius 2 is 2.13 bits per heavy atom. The van der Waals surface area contributed by atoms with E-state index >= 15 is 0 Å². The monoisotopic (exact) mass is 322 g/mol. The molecule has 0 bridgehead atoms. The Balaban J connectivity index is 2.05. The summed E-state index contributed by atoms with van der Waals surface area (Å²) >= 11 is 0. The van der Waals surface area contributed by atoms with Crippen molar-refractivity contribution < 1.29 is 19.0 Å². The third kappa shape index (κ3) is 4.13. The maximum Gasteiger partial charge on any atom is 0.343 e. The molecule has 0 aliphatic carbocycles. The van der Waals surface area contributed by atoms with Gasteiger partial charge in [-0.15, -0.1) is 0 Å². The third-order valence-corrected chi connectivity index (χ3v) is 4.07. The number of ether oxygens (including phenoxy) is 3. The number of nitrogens with one attached hydrogen (secondary N) is 1. The summed E-state index contributed by atoms with van der Waals surface area (Å²) in [7, 11) is 2.82. The minimum Gasteiger partial charge on any atom is -0.480 e. The first kappa shape index (κ1) is 17.5. The third-order valence-electron chi connectivity index (χ3n) is 4.07. The minimum absolute atomic E-state index is 0.114. The molecule has 2 rings (SSSR count). The van der Waals surface area contributed by atoms with Crippen molar-refractivity contribution in [3.63, 3.8) is 0 Å². The van der Waals surface area contributed by atoms with Crippen molar-refractivity contribution in [3.8, 4) is 5.88 Å². The fourth-order valence-electron chi connectivity index (χ4n) is 3.00. The molecule has 2 atom stereocenters. The Morgan fingerprint density at radius 1 is 1.39 bits per heavy atom. The molecule has 1 fully saturated rings. The van der Waals surface area contributed by atoms with Crippen LogP contribution in [0.2, 0.25) is 0 Å². The quantitative estimate of drug-likeness (QED) is 0.841. The van der Waals surface area contributed by atoms with Crippen LogP contribution in [-0.4, -0.2) is 44.4 Å². The van der Waals surface area contributed by atoms with E-state index in [0.29, 0.717) is 17.3 Å². The van der Waals surface area contributed by atoms with E-state index in [2.05, 4.69) is 31.1 Å². The first-order valence-electron chi connectivity index (χ1n) is 7.85. The summed E-state index contributed by atoms with van der Waals surface area (Å²) in [5.74, 6) is 0.909. The average Bonchev–Trinajstić information content (AvgIpc) is 3.00. The van der Waals surface area contributed by atoms with Crippen LogP contribution in [0, 0.1) is 11.3 Å². The van der Waals surface area contributed by atoms with E-state index in [1.54, 1.807) is 12.1 Å². The molecule has 0 unspecified atom stereocenters. The number of hydrogen-bond acceptors (Lipinski definition) is 6. The molecule has 0 amide bonds. The summed E-state index contributed by atoms with van der Waals surface area (Å²) in [4.78, 5) is 16.0. The molecule has 128 valence electrons. The Morgan fingerprint density at radius 3 is 2.74 bits per heavy atom. The van der Waals surface area contributed by atoms with E-state index in [-0.39, 0.29) is 17.4 Å². The van der Waals surface area contributed by atoms with Crippen molar-refractivity contribution in [3.05, 3.63) is 17.7 Å². The second-order valence-electron chi connectivity index (χ2n) is 6.83. The van der Waals surface area contributed by atoms with Crippen LogP contribution in [-0.2, 0) is 9.47 Å². The number of carbonyl (C=O) groups is 1. The van der Waals surface area contributed by atoms with Crippen LogP contribution in [0.25, 0.3) is 0 Å². The second-order valence-corrected chi connectivity index (χ2v) is 6.83. The molecule has 0 aromatic carbocycles. The number of methoxy groups -OCH3 is 2. The van der Waals surface area contributed by atoms with Gasteiger partial charge in [-0.05, 0) is 24.0 Å². The Kier molecular flexibility index (Phi) is 5.46. The minimum atomic E-state index is -0.460. The van der Waals surface area contributed by atoms with Crippen LogP contribution in [0.4, 0.5) is 5.82 Å². The van der Waals surface area contributed by atoms with Crippen molar-refractivity contribution in [2.24, 2.45) is 11.3 Å². The lowest BCUT2D eigenvalue weighted by atomic mass is 9.81. The molecule has 0 saturated carbocycles. The number of aromatic nitrogens is 1. The highest BCUT2D eigenvalue weighted by molar-refractivity contribution is 5.92. The Bertz CT molecular complexity index is 554. The zero-order chi connectivity index (χ0) is 17.0. The van der Waals surface area contributed by atoms with Crippen molar-refractivity contribution in [1.29, 1.82) is 0 Å². The van der Waals surface area contributed by atoms with E-state index in [1.165, 1.54) is 14.2 Å². The number of esters is 1. The summed E-state index contributed by atoms with van der Waals surface area (Å²) in [5, 5.41) is 3.32. The van der Waals surface area contributed by atoms with Gasteiger partial charge in [0, 0.05) is 19.1 Å². The van der Waals surface area contributed by atoms with E-state index in [9.17, 15) is 4.79 Å². The van der Waals surface area contributed by atoms with Gasteiger partial charge in [-0.1, -0.05) is 20.8 Å². The van der Waals surface area contributed by atoms with E-state index in [4.69, 9.17) is 14.2 Å². The van der Waals surface area contributed by atoms with Gasteiger partial charge in [-0.25, -0.2) is 4.79 Å². The molecule has 23 heavy (non-hydrogen) atoms. The lowest BCUT2D eigenvalue weighted by Gasteiger charge is -2.31. The van der Waals surface area contributed by atoms with Crippen LogP contribution in [0.15, 0.2) is 12.1 Å². The van der Waals surface area contributed by atoms with Gasteiger partial charge in [0.1, 0.15) is 11.4 Å². The predicted molar refractivity (Wildman–Crippen MR) is 87.9 cm³/mol. The topological polar surface area (TPSA) is 69.7 Å². The van der Waals surface area contributed by atoms with Gasteiger partial charge in [0.05, 0.1) is 20.3 Å². The lowest BCUT2D eigenvalue weighted by Crippen LogP contribution is -2.34. The highest BCUT2D eigenvalue weighted by atomic mass is 16.5. The molecule has 1 saturated heterocycles. The van der Waals surface area contributed by atoms with Gasteiger partial charge in [-0.2, -0.15) is 4.98 Å². The standard InChI is InChI=1S/C17H26N2O4/c1-17(2,3)14-11(8-9-23-14)10-18-13-7-6-12(16(20)22-5)15(19-13)21-4/h6-7,11,14H,8-10H2,1-5H3,(H,18,19)/t11-,14+/m1/s1. The SMILES string of the molecule is COC(=O)c1ccc(NC[C@H]2CCO[C@@H]2C(C)(C)C)nc1OC. The summed E-state index contributed by atoms with van der Waals surface area (Å²) in [5.41, 5.74) is 0.431. The van der Waals surface area contributed by atoms with Crippen molar-refractivity contribution in [1.82, 2.24) is 4.98 Å². The summed E-state index contributed by atoms with van der Waals surface area (Å²) in [6.07, 6.45) is 1.26. The van der Waals surface area contributed by atoms with Gasteiger partial charge in [-0.3, -0.25) is 0 Å². The zero-order valence-electron chi connectivity index (χ0n) is 14.5. The van der Waals surface area contributed by atoms with Crippen molar-refractivity contribution in [2.45, 2.75) is 33.3 Å². The highest BCUT2D eigenvalue weighted by Gasteiger charge is 2.37. The molecule has 0 radical (unpaired) electrons. The van der Waals surface area contributed by atoms with Crippen LogP contribution in [0.3, 0.4) is 0 Å². The van der Waals surface area contributed by atoms with Crippen LogP contribution >= 0.6 is 0 Å². The molecule has 6 heteroatoms. The molecular formula is C17H26N2O4. The molecule has 1 aromatic heterocycles. The average molecular weight is 322 g/mol. The maximum atomic E-state index is 11.6. The normalized spacial score (nSPS) is 21.1. The Labute approximate surface area is 137 Å². The molecule has 2 heterocycles. The molecule has 1 N–H and O–H groups in total. The maximum absolute atomic E-state index is 11.6.